The van der Waals surface area contributed by atoms with E-state index in [1.807, 2.05) is 24.3 Å². The van der Waals surface area contributed by atoms with Crippen LogP contribution in [0, 0.1) is 5.92 Å². The van der Waals surface area contributed by atoms with Crippen LogP contribution in [0.1, 0.15) is 44.6 Å². The first-order valence-corrected chi connectivity index (χ1v) is 9.63. The fourth-order valence-electron chi connectivity index (χ4n) is 3.69. The summed E-state index contributed by atoms with van der Waals surface area (Å²) in [6.45, 7) is 4.22. The summed E-state index contributed by atoms with van der Waals surface area (Å²) < 4.78 is 6.06. The topological polar surface area (TPSA) is 70.7 Å². The summed E-state index contributed by atoms with van der Waals surface area (Å²) in [4.78, 5) is 25.5. The van der Waals surface area contributed by atoms with E-state index in [1.54, 1.807) is 0 Å². The van der Waals surface area contributed by atoms with Gasteiger partial charge in [-0.15, -0.1) is 0 Å². The van der Waals surface area contributed by atoms with Crippen LogP contribution in [0.4, 0.5) is 10.5 Å². The zero-order valence-corrected chi connectivity index (χ0v) is 15.5. The second-order valence-corrected chi connectivity index (χ2v) is 7.46. The Morgan fingerprint density at radius 2 is 2.23 bits per heavy atom. The van der Waals surface area contributed by atoms with Crippen molar-refractivity contribution in [1.82, 2.24) is 10.2 Å². The SMILES string of the molecule is C[C@@H]1CCC[C@H](OCc2cccc(NC(=O)CN3CCCNC3=O)c2)C1. The minimum atomic E-state index is -0.179. The van der Waals surface area contributed by atoms with Crippen molar-refractivity contribution in [1.29, 1.82) is 0 Å². The van der Waals surface area contributed by atoms with Crippen LogP contribution < -0.4 is 10.6 Å². The molecule has 1 aromatic carbocycles. The van der Waals surface area contributed by atoms with Crippen molar-refractivity contribution in [3.63, 3.8) is 0 Å². The Morgan fingerprint density at radius 3 is 3.04 bits per heavy atom. The average Bonchev–Trinajstić information content (AvgIpc) is 2.62. The second-order valence-electron chi connectivity index (χ2n) is 7.46. The van der Waals surface area contributed by atoms with Crippen LogP contribution in [-0.2, 0) is 16.1 Å². The average molecular weight is 359 g/mol. The highest BCUT2D eigenvalue weighted by atomic mass is 16.5. The molecule has 1 aliphatic carbocycles. The first-order valence-electron chi connectivity index (χ1n) is 9.63. The molecule has 0 unspecified atom stereocenters. The summed E-state index contributed by atoms with van der Waals surface area (Å²) in [5.41, 5.74) is 1.79. The summed E-state index contributed by atoms with van der Waals surface area (Å²) in [6.07, 6.45) is 6.02. The fourth-order valence-corrected chi connectivity index (χ4v) is 3.69. The zero-order valence-electron chi connectivity index (χ0n) is 15.5. The molecule has 1 aromatic rings. The number of benzene rings is 1. The van der Waals surface area contributed by atoms with E-state index in [0.29, 0.717) is 25.8 Å². The van der Waals surface area contributed by atoms with Gasteiger partial charge in [0.2, 0.25) is 5.91 Å². The number of ether oxygens (including phenoxy) is 1. The molecule has 6 nitrogen and oxygen atoms in total. The molecule has 2 atom stereocenters. The van der Waals surface area contributed by atoms with Crippen molar-refractivity contribution >= 4 is 17.6 Å². The smallest absolute Gasteiger partial charge is 0.317 e. The monoisotopic (exact) mass is 359 g/mol. The van der Waals surface area contributed by atoms with Gasteiger partial charge in [-0.25, -0.2) is 4.79 Å². The maximum Gasteiger partial charge on any atom is 0.317 e. The molecule has 2 aliphatic rings. The molecule has 0 spiro atoms. The van der Waals surface area contributed by atoms with E-state index in [0.717, 1.165) is 36.4 Å². The first-order chi connectivity index (χ1) is 12.6. The van der Waals surface area contributed by atoms with Crippen LogP contribution >= 0.6 is 0 Å². The van der Waals surface area contributed by atoms with E-state index in [9.17, 15) is 9.59 Å². The Labute approximate surface area is 155 Å². The number of hydrogen-bond acceptors (Lipinski definition) is 3. The largest absolute Gasteiger partial charge is 0.374 e. The van der Waals surface area contributed by atoms with Crippen molar-refractivity contribution in [3.8, 4) is 0 Å². The van der Waals surface area contributed by atoms with Gasteiger partial charge >= 0.3 is 6.03 Å². The molecule has 1 aliphatic heterocycles. The van der Waals surface area contributed by atoms with Gasteiger partial charge in [-0.2, -0.15) is 0 Å². The second kappa shape index (κ2) is 9.03. The Kier molecular flexibility index (Phi) is 6.50. The van der Waals surface area contributed by atoms with E-state index >= 15 is 0 Å². The molecule has 2 fully saturated rings. The van der Waals surface area contributed by atoms with Crippen LogP contribution in [0.2, 0.25) is 0 Å². The molecule has 142 valence electrons. The number of nitrogens with one attached hydrogen (secondary N) is 2. The maximum atomic E-state index is 12.2. The van der Waals surface area contributed by atoms with Crippen LogP contribution in [0.3, 0.4) is 0 Å². The van der Waals surface area contributed by atoms with E-state index in [1.165, 1.54) is 17.7 Å². The van der Waals surface area contributed by atoms with Gasteiger partial charge in [-0.05, 0) is 42.9 Å². The lowest BCUT2D eigenvalue weighted by Gasteiger charge is -2.27. The Morgan fingerprint density at radius 1 is 1.35 bits per heavy atom. The van der Waals surface area contributed by atoms with Crippen LogP contribution in [-0.4, -0.2) is 42.6 Å². The van der Waals surface area contributed by atoms with Crippen molar-refractivity contribution in [3.05, 3.63) is 29.8 Å². The van der Waals surface area contributed by atoms with Gasteiger partial charge < -0.3 is 20.3 Å². The van der Waals surface area contributed by atoms with Crippen molar-refractivity contribution in [2.75, 3.05) is 25.0 Å². The van der Waals surface area contributed by atoms with Crippen molar-refractivity contribution in [2.45, 2.75) is 51.7 Å². The van der Waals surface area contributed by atoms with Gasteiger partial charge in [-0.1, -0.05) is 31.9 Å². The van der Waals surface area contributed by atoms with Gasteiger partial charge in [0.15, 0.2) is 0 Å². The lowest BCUT2D eigenvalue weighted by molar-refractivity contribution is -0.116. The van der Waals surface area contributed by atoms with Crippen LogP contribution in [0.25, 0.3) is 0 Å². The van der Waals surface area contributed by atoms with Gasteiger partial charge in [0, 0.05) is 18.8 Å². The van der Waals surface area contributed by atoms with Gasteiger partial charge in [0.25, 0.3) is 0 Å². The number of rotatable bonds is 6. The molecule has 1 saturated heterocycles. The predicted octanol–water partition coefficient (Wildman–Crippen LogP) is 3.14. The van der Waals surface area contributed by atoms with Crippen LogP contribution in [0.5, 0.6) is 0 Å². The number of carbonyl (C=O) groups excluding carboxylic acids is 2. The molecule has 3 amide bonds. The quantitative estimate of drug-likeness (QED) is 0.820. The van der Waals surface area contributed by atoms with Gasteiger partial charge in [-0.3, -0.25) is 4.79 Å². The molecule has 6 heteroatoms. The predicted molar refractivity (Wildman–Crippen MR) is 101 cm³/mol. The summed E-state index contributed by atoms with van der Waals surface area (Å²) in [5.74, 6) is 0.563. The summed E-state index contributed by atoms with van der Waals surface area (Å²) in [5, 5.41) is 5.63. The number of nitrogens with zero attached hydrogens (tertiary/aromatic N) is 1. The molecule has 2 N–H and O–H groups in total. The number of anilines is 1. The number of urea groups is 1. The standard InChI is InChI=1S/C20H29N3O3/c1-15-5-2-8-18(11-15)26-14-16-6-3-7-17(12-16)22-19(24)13-23-10-4-9-21-20(23)25/h3,6-7,12,15,18H,2,4-5,8-11,13-14H2,1H3,(H,21,25)(H,22,24)/t15-,18+/m1/s1. The minimum Gasteiger partial charge on any atom is -0.374 e. The Balaban J connectivity index is 1.48. The Bertz CT molecular complexity index is 634. The molecule has 0 radical (unpaired) electrons. The zero-order chi connectivity index (χ0) is 18.4. The molecule has 0 bridgehead atoms. The number of carbonyl (C=O) groups is 2. The van der Waals surface area contributed by atoms with Crippen LogP contribution in [0.15, 0.2) is 24.3 Å². The third-order valence-corrected chi connectivity index (χ3v) is 5.09. The third kappa shape index (κ3) is 5.46. The fraction of sp³-hybridized carbons (Fsp3) is 0.600. The molecule has 3 rings (SSSR count). The Hall–Kier alpha value is -2.08. The molecular weight excluding hydrogens is 330 g/mol. The van der Waals surface area contributed by atoms with E-state index < -0.39 is 0 Å². The maximum absolute atomic E-state index is 12.2. The highest BCUT2D eigenvalue weighted by Crippen LogP contribution is 2.26. The molecule has 1 saturated carbocycles. The minimum absolute atomic E-state index is 0.0759. The van der Waals surface area contributed by atoms with E-state index in [4.69, 9.17) is 4.74 Å². The first kappa shape index (κ1) is 18.7. The molecule has 0 aromatic heterocycles. The summed E-state index contributed by atoms with van der Waals surface area (Å²) >= 11 is 0. The lowest BCUT2D eigenvalue weighted by Crippen LogP contribution is -2.49. The summed E-state index contributed by atoms with van der Waals surface area (Å²) in [7, 11) is 0. The third-order valence-electron chi connectivity index (χ3n) is 5.09. The summed E-state index contributed by atoms with van der Waals surface area (Å²) in [6, 6.07) is 7.57. The number of hydrogen-bond donors (Lipinski definition) is 2. The molecule has 26 heavy (non-hydrogen) atoms. The van der Waals surface area contributed by atoms with Gasteiger partial charge in [0.1, 0.15) is 6.54 Å². The highest BCUT2D eigenvalue weighted by molar-refractivity contribution is 5.94. The lowest BCUT2D eigenvalue weighted by atomic mass is 9.89. The number of amides is 3. The van der Waals surface area contributed by atoms with Crippen molar-refractivity contribution in [2.24, 2.45) is 5.92 Å². The van der Waals surface area contributed by atoms with Gasteiger partial charge in [0.05, 0.1) is 12.7 Å². The highest BCUT2D eigenvalue weighted by Gasteiger charge is 2.21. The van der Waals surface area contributed by atoms with Crippen molar-refractivity contribution < 1.29 is 14.3 Å². The normalized spacial score (nSPS) is 23.4. The molecular formula is C20H29N3O3. The van der Waals surface area contributed by atoms with E-state index in [-0.39, 0.29) is 18.5 Å². The molecule has 1 heterocycles. The van der Waals surface area contributed by atoms with E-state index in [2.05, 4.69) is 17.6 Å².